The maximum atomic E-state index is 12.6. The Morgan fingerprint density at radius 3 is 2.81 bits per heavy atom. The molecule has 1 atom stereocenters. The summed E-state index contributed by atoms with van der Waals surface area (Å²) in [5, 5.41) is 6.01. The molecule has 0 aromatic carbocycles. The van der Waals surface area contributed by atoms with E-state index in [0.29, 0.717) is 13.0 Å². The van der Waals surface area contributed by atoms with Crippen molar-refractivity contribution in [2.45, 2.75) is 45.3 Å². The van der Waals surface area contributed by atoms with Crippen molar-refractivity contribution in [1.82, 2.24) is 20.1 Å². The number of carbonyl (C=O) groups excluding carboxylic acids is 2. The van der Waals surface area contributed by atoms with Gasteiger partial charge in [-0.15, -0.1) is 11.3 Å². The summed E-state index contributed by atoms with van der Waals surface area (Å²) < 4.78 is 0. The molecule has 0 unspecified atom stereocenters. The molecule has 7 heteroatoms. The van der Waals surface area contributed by atoms with Crippen LogP contribution in [0.15, 0.2) is 5.38 Å². The molecule has 1 spiro atoms. The SMILES string of the molecule is Cc1nc(CN2CC[C@@]3(C2)NC(=O)N(C(C)C)C3=O)cs1. The first-order chi connectivity index (χ1) is 9.91. The molecular formula is C14H20N4O2S. The zero-order chi connectivity index (χ0) is 15.2. The Kier molecular flexibility index (Phi) is 3.49. The topological polar surface area (TPSA) is 65.5 Å². The Bertz CT molecular complexity index is 585. The minimum Gasteiger partial charge on any atom is -0.322 e. The Morgan fingerprint density at radius 1 is 1.48 bits per heavy atom. The third-order valence-electron chi connectivity index (χ3n) is 4.11. The first-order valence-electron chi connectivity index (χ1n) is 7.20. The lowest BCUT2D eigenvalue weighted by molar-refractivity contribution is -0.132. The van der Waals surface area contributed by atoms with Crippen LogP contribution in [0, 0.1) is 6.92 Å². The second-order valence-corrected chi connectivity index (χ2v) is 7.16. The number of nitrogens with zero attached hydrogens (tertiary/aromatic N) is 3. The highest BCUT2D eigenvalue weighted by molar-refractivity contribution is 7.09. The van der Waals surface area contributed by atoms with Gasteiger partial charge in [0.15, 0.2) is 0 Å². The van der Waals surface area contributed by atoms with Crippen molar-refractivity contribution in [2.24, 2.45) is 0 Å². The van der Waals surface area contributed by atoms with E-state index in [2.05, 4.69) is 20.6 Å². The van der Waals surface area contributed by atoms with Crippen LogP contribution in [0.1, 0.15) is 31.0 Å². The molecule has 0 bridgehead atoms. The fourth-order valence-corrected chi connectivity index (χ4v) is 3.72. The molecule has 0 aliphatic carbocycles. The van der Waals surface area contributed by atoms with Gasteiger partial charge in [-0.05, 0) is 27.2 Å². The predicted octanol–water partition coefficient (Wildman–Crippen LogP) is 1.36. The van der Waals surface area contributed by atoms with Gasteiger partial charge in [-0.1, -0.05) is 0 Å². The first kappa shape index (κ1) is 14.5. The van der Waals surface area contributed by atoms with E-state index in [-0.39, 0.29) is 18.0 Å². The quantitative estimate of drug-likeness (QED) is 0.856. The standard InChI is InChI=1S/C14H20N4O2S/c1-9(2)18-12(19)14(16-13(18)20)4-5-17(8-14)6-11-7-21-10(3)15-11/h7,9H,4-6,8H2,1-3H3,(H,16,20)/t14-/m0/s1. The monoisotopic (exact) mass is 308 g/mol. The number of carbonyl (C=O) groups is 2. The third-order valence-corrected chi connectivity index (χ3v) is 4.93. The highest BCUT2D eigenvalue weighted by Gasteiger charge is 2.55. The highest BCUT2D eigenvalue weighted by Crippen LogP contribution is 2.30. The van der Waals surface area contributed by atoms with E-state index < -0.39 is 5.54 Å². The molecule has 2 aliphatic heterocycles. The van der Waals surface area contributed by atoms with Crippen molar-refractivity contribution in [3.8, 4) is 0 Å². The van der Waals surface area contributed by atoms with E-state index in [1.54, 1.807) is 11.3 Å². The number of aryl methyl sites for hydroxylation is 1. The zero-order valence-electron chi connectivity index (χ0n) is 12.5. The molecule has 21 heavy (non-hydrogen) atoms. The summed E-state index contributed by atoms with van der Waals surface area (Å²) >= 11 is 1.63. The van der Waals surface area contributed by atoms with E-state index >= 15 is 0 Å². The van der Waals surface area contributed by atoms with Gasteiger partial charge < -0.3 is 5.32 Å². The second kappa shape index (κ2) is 5.06. The van der Waals surface area contributed by atoms with Crippen molar-refractivity contribution in [1.29, 1.82) is 0 Å². The summed E-state index contributed by atoms with van der Waals surface area (Å²) in [6.07, 6.45) is 0.671. The molecule has 114 valence electrons. The van der Waals surface area contributed by atoms with Crippen LogP contribution in [0.2, 0.25) is 0 Å². The lowest BCUT2D eigenvalue weighted by Gasteiger charge is -2.23. The Balaban J connectivity index is 1.71. The molecule has 0 saturated carbocycles. The number of aromatic nitrogens is 1. The normalized spacial score (nSPS) is 26.4. The van der Waals surface area contributed by atoms with Crippen molar-refractivity contribution in [3.05, 3.63) is 16.1 Å². The van der Waals surface area contributed by atoms with Gasteiger partial charge in [-0.2, -0.15) is 0 Å². The lowest BCUT2D eigenvalue weighted by Crippen LogP contribution is -2.49. The van der Waals surface area contributed by atoms with Crippen LogP contribution in [0.5, 0.6) is 0 Å². The molecule has 1 N–H and O–H groups in total. The van der Waals surface area contributed by atoms with Gasteiger partial charge in [0.25, 0.3) is 5.91 Å². The maximum absolute atomic E-state index is 12.6. The Labute approximate surface area is 128 Å². The molecule has 2 saturated heterocycles. The molecule has 3 heterocycles. The van der Waals surface area contributed by atoms with Crippen LogP contribution in [-0.2, 0) is 11.3 Å². The van der Waals surface area contributed by atoms with Gasteiger partial charge in [-0.3, -0.25) is 14.6 Å². The molecule has 1 aromatic heterocycles. The number of hydrogen-bond donors (Lipinski definition) is 1. The van der Waals surface area contributed by atoms with E-state index in [9.17, 15) is 9.59 Å². The number of rotatable bonds is 3. The average Bonchev–Trinajstić information content (AvgIpc) is 3.03. The van der Waals surface area contributed by atoms with Gasteiger partial charge in [0, 0.05) is 31.1 Å². The molecule has 2 aliphatic rings. The molecular weight excluding hydrogens is 288 g/mol. The van der Waals surface area contributed by atoms with Crippen LogP contribution in [0.3, 0.4) is 0 Å². The minimum absolute atomic E-state index is 0.0838. The summed E-state index contributed by atoms with van der Waals surface area (Å²) in [4.78, 5) is 32.6. The summed E-state index contributed by atoms with van der Waals surface area (Å²) in [7, 11) is 0. The number of imide groups is 1. The summed E-state index contributed by atoms with van der Waals surface area (Å²) in [6, 6.07) is -0.367. The second-order valence-electron chi connectivity index (χ2n) is 6.10. The van der Waals surface area contributed by atoms with E-state index in [1.807, 2.05) is 20.8 Å². The number of urea groups is 1. The number of nitrogens with one attached hydrogen (secondary N) is 1. The van der Waals surface area contributed by atoms with Crippen molar-refractivity contribution >= 4 is 23.3 Å². The van der Waals surface area contributed by atoms with Crippen molar-refractivity contribution in [3.63, 3.8) is 0 Å². The number of amides is 3. The van der Waals surface area contributed by atoms with Gasteiger partial charge in [-0.25, -0.2) is 9.78 Å². The fraction of sp³-hybridized carbons (Fsp3) is 0.643. The van der Waals surface area contributed by atoms with Crippen LogP contribution in [0.25, 0.3) is 0 Å². The van der Waals surface area contributed by atoms with Crippen molar-refractivity contribution in [2.75, 3.05) is 13.1 Å². The van der Waals surface area contributed by atoms with Crippen LogP contribution < -0.4 is 5.32 Å². The van der Waals surface area contributed by atoms with Gasteiger partial charge >= 0.3 is 6.03 Å². The average molecular weight is 308 g/mol. The van der Waals surface area contributed by atoms with E-state index in [1.165, 1.54) is 4.90 Å². The maximum Gasteiger partial charge on any atom is 0.325 e. The Morgan fingerprint density at radius 2 is 2.24 bits per heavy atom. The Hall–Kier alpha value is -1.47. The third kappa shape index (κ3) is 2.44. The molecule has 0 radical (unpaired) electrons. The predicted molar refractivity (Wildman–Crippen MR) is 80.0 cm³/mol. The summed E-state index contributed by atoms with van der Waals surface area (Å²) in [5.74, 6) is -0.0838. The van der Waals surface area contributed by atoms with Gasteiger partial charge in [0.2, 0.25) is 0 Å². The molecule has 3 amide bonds. The number of hydrogen-bond acceptors (Lipinski definition) is 5. The molecule has 1 aromatic rings. The van der Waals surface area contributed by atoms with Gasteiger partial charge in [0.1, 0.15) is 5.54 Å². The lowest BCUT2D eigenvalue weighted by atomic mass is 9.98. The summed E-state index contributed by atoms with van der Waals surface area (Å²) in [6.45, 7) is 7.81. The summed E-state index contributed by atoms with van der Waals surface area (Å²) in [5.41, 5.74) is 0.305. The van der Waals surface area contributed by atoms with Crippen LogP contribution in [0.4, 0.5) is 4.79 Å². The number of thiazole rings is 1. The molecule has 3 rings (SSSR count). The highest BCUT2D eigenvalue weighted by atomic mass is 32.1. The largest absolute Gasteiger partial charge is 0.325 e. The zero-order valence-corrected chi connectivity index (χ0v) is 13.4. The van der Waals surface area contributed by atoms with E-state index in [0.717, 1.165) is 23.8 Å². The minimum atomic E-state index is -0.730. The fourth-order valence-electron chi connectivity index (χ4n) is 3.12. The molecule has 2 fully saturated rings. The first-order valence-corrected chi connectivity index (χ1v) is 8.08. The van der Waals surface area contributed by atoms with E-state index in [4.69, 9.17) is 0 Å². The molecule has 6 nitrogen and oxygen atoms in total. The van der Waals surface area contributed by atoms with Crippen LogP contribution in [-0.4, -0.2) is 51.4 Å². The van der Waals surface area contributed by atoms with Crippen LogP contribution >= 0.6 is 11.3 Å². The number of likely N-dealkylation sites (tertiary alicyclic amines) is 1. The van der Waals surface area contributed by atoms with Crippen molar-refractivity contribution < 1.29 is 9.59 Å². The van der Waals surface area contributed by atoms with Gasteiger partial charge in [0.05, 0.1) is 10.7 Å². The smallest absolute Gasteiger partial charge is 0.322 e.